The Bertz CT molecular complexity index is 397. The van der Waals surface area contributed by atoms with Crippen LogP contribution in [0.2, 0.25) is 0 Å². The van der Waals surface area contributed by atoms with Crippen LogP contribution in [-0.4, -0.2) is 24.4 Å². The van der Waals surface area contributed by atoms with E-state index in [2.05, 4.69) is 10.6 Å². The van der Waals surface area contributed by atoms with Crippen molar-refractivity contribution in [1.82, 2.24) is 10.6 Å². The molecule has 0 aromatic heterocycles. The minimum Gasteiger partial charge on any atom is -0.352 e. The van der Waals surface area contributed by atoms with Gasteiger partial charge in [0.15, 0.2) is 0 Å². The predicted molar refractivity (Wildman–Crippen MR) is 81.5 cm³/mol. The second kappa shape index (κ2) is 5.62. The first-order valence-electron chi connectivity index (χ1n) is 8.58. The second-order valence-electron chi connectivity index (χ2n) is 7.76. The Balaban J connectivity index is 1.55. The van der Waals surface area contributed by atoms with Gasteiger partial charge in [-0.3, -0.25) is 9.59 Å². The molecule has 4 fully saturated rings. The third-order valence-corrected chi connectivity index (χ3v) is 5.95. The van der Waals surface area contributed by atoms with Crippen LogP contribution in [0, 0.1) is 23.2 Å². The molecule has 4 heteroatoms. The van der Waals surface area contributed by atoms with Gasteiger partial charge in [-0.15, -0.1) is 0 Å². The first-order chi connectivity index (χ1) is 10.0. The molecule has 0 heterocycles. The summed E-state index contributed by atoms with van der Waals surface area (Å²) < 4.78 is 0. The van der Waals surface area contributed by atoms with Crippen LogP contribution in [0.5, 0.6) is 0 Å². The van der Waals surface area contributed by atoms with Gasteiger partial charge >= 0.3 is 0 Å². The number of amides is 2. The van der Waals surface area contributed by atoms with Crippen LogP contribution in [0.4, 0.5) is 0 Å². The molecule has 0 aliphatic heterocycles. The molecule has 0 saturated heterocycles. The van der Waals surface area contributed by atoms with Crippen molar-refractivity contribution in [2.45, 2.75) is 64.8 Å². The topological polar surface area (TPSA) is 58.2 Å². The lowest BCUT2D eigenvalue weighted by Crippen LogP contribution is -2.54. The molecule has 1 atom stereocenters. The van der Waals surface area contributed by atoms with E-state index < -0.39 is 0 Å². The van der Waals surface area contributed by atoms with Crippen LogP contribution in [0.1, 0.15) is 58.8 Å². The third kappa shape index (κ3) is 2.95. The van der Waals surface area contributed by atoms with Gasteiger partial charge < -0.3 is 10.6 Å². The Labute approximate surface area is 127 Å². The van der Waals surface area contributed by atoms with Crippen molar-refractivity contribution in [3.05, 3.63) is 0 Å². The van der Waals surface area contributed by atoms with Crippen LogP contribution in [0.15, 0.2) is 0 Å². The van der Waals surface area contributed by atoms with Crippen molar-refractivity contribution < 1.29 is 9.59 Å². The standard InChI is InChI=1S/C17H28N2O2/c1-3-11(2)19-15(20)10-18-16(21)17-7-12-4-13(8-17)6-14(5-12)9-17/h11-14H,3-10H2,1-2H3,(H,18,21)(H,19,20). The van der Waals surface area contributed by atoms with Gasteiger partial charge in [-0.2, -0.15) is 0 Å². The molecule has 4 bridgehead atoms. The zero-order chi connectivity index (χ0) is 15.0. The smallest absolute Gasteiger partial charge is 0.239 e. The second-order valence-corrected chi connectivity index (χ2v) is 7.76. The summed E-state index contributed by atoms with van der Waals surface area (Å²) in [5.74, 6) is 2.35. The van der Waals surface area contributed by atoms with Crippen molar-refractivity contribution >= 4 is 11.8 Å². The summed E-state index contributed by atoms with van der Waals surface area (Å²) in [6.07, 6.45) is 8.07. The van der Waals surface area contributed by atoms with Crippen LogP contribution in [0.25, 0.3) is 0 Å². The summed E-state index contributed by atoms with van der Waals surface area (Å²) in [7, 11) is 0. The minimum atomic E-state index is -0.147. The fraction of sp³-hybridized carbons (Fsp3) is 0.882. The highest BCUT2D eigenvalue weighted by Crippen LogP contribution is 2.60. The summed E-state index contributed by atoms with van der Waals surface area (Å²) in [6.45, 7) is 4.16. The Hall–Kier alpha value is -1.06. The number of carbonyl (C=O) groups excluding carboxylic acids is 2. The van der Waals surface area contributed by atoms with Gasteiger partial charge in [0.05, 0.1) is 6.54 Å². The molecule has 118 valence electrons. The summed E-state index contributed by atoms with van der Waals surface area (Å²) in [6, 6.07) is 0.175. The highest BCUT2D eigenvalue weighted by molar-refractivity contribution is 5.88. The maximum Gasteiger partial charge on any atom is 0.239 e. The van der Waals surface area contributed by atoms with E-state index in [-0.39, 0.29) is 29.8 Å². The lowest BCUT2D eigenvalue weighted by molar-refractivity contribution is -0.147. The van der Waals surface area contributed by atoms with E-state index in [0.717, 1.165) is 43.4 Å². The fourth-order valence-corrected chi connectivity index (χ4v) is 5.16. The largest absolute Gasteiger partial charge is 0.352 e. The first-order valence-corrected chi connectivity index (χ1v) is 8.58. The van der Waals surface area contributed by atoms with Gasteiger partial charge in [-0.1, -0.05) is 6.92 Å². The molecule has 2 amide bonds. The molecule has 4 aliphatic rings. The molecule has 0 aromatic carbocycles. The molecule has 4 saturated carbocycles. The highest BCUT2D eigenvalue weighted by atomic mass is 16.2. The summed E-state index contributed by atoms with van der Waals surface area (Å²) >= 11 is 0. The molecule has 2 N–H and O–H groups in total. The molecule has 21 heavy (non-hydrogen) atoms. The number of carbonyl (C=O) groups is 2. The van der Waals surface area contributed by atoms with E-state index in [1.165, 1.54) is 19.3 Å². The van der Waals surface area contributed by atoms with Gasteiger partial charge in [0.2, 0.25) is 11.8 Å². The van der Waals surface area contributed by atoms with E-state index in [9.17, 15) is 9.59 Å². The van der Waals surface area contributed by atoms with Crippen molar-refractivity contribution in [2.24, 2.45) is 23.2 Å². The molecular formula is C17H28N2O2. The average molecular weight is 292 g/mol. The van der Waals surface area contributed by atoms with Gasteiger partial charge in [-0.05, 0) is 69.6 Å². The maximum atomic E-state index is 12.7. The summed E-state index contributed by atoms with van der Waals surface area (Å²) in [4.78, 5) is 24.5. The van der Waals surface area contributed by atoms with Crippen LogP contribution in [-0.2, 0) is 9.59 Å². The molecule has 1 unspecified atom stereocenters. The Morgan fingerprint density at radius 1 is 1.10 bits per heavy atom. The van der Waals surface area contributed by atoms with E-state index in [0.29, 0.717) is 0 Å². The fourth-order valence-electron chi connectivity index (χ4n) is 5.16. The van der Waals surface area contributed by atoms with E-state index in [4.69, 9.17) is 0 Å². The molecule has 4 aliphatic carbocycles. The Morgan fingerprint density at radius 2 is 1.62 bits per heavy atom. The lowest BCUT2D eigenvalue weighted by atomic mass is 9.49. The molecule has 0 radical (unpaired) electrons. The third-order valence-electron chi connectivity index (χ3n) is 5.95. The molecule has 0 aromatic rings. The minimum absolute atomic E-state index is 0.0672. The molecule has 0 spiro atoms. The van der Waals surface area contributed by atoms with Gasteiger partial charge in [0.1, 0.15) is 0 Å². The van der Waals surface area contributed by atoms with Gasteiger partial charge in [0, 0.05) is 11.5 Å². The van der Waals surface area contributed by atoms with Crippen LogP contribution < -0.4 is 10.6 Å². The van der Waals surface area contributed by atoms with Gasteiger partial charge in [0.25, 0.3) is 0 Å². The number of hydrogen-bond acceptors (Lipinski definition) is 2. The Morgan fingerprint density at radius 3 is 2.10 bits per heavy atom. The maximum absolute atomic E-state index is 12.7. The van der Waals surface area contributed by atoms with Crippen molar-refractivity contribution in [1.29, 1.82) is 0 Å². The molecule has 4 nitrogen and oxygen atoms in total. The SMILES string of the molecule is CCC(C)NC(=O)CNC(=O)C12CC3CC(CC(C3)C1)C2. The van der Waals surface area contributed by atoms with E-state index in [1.54, 1.807) is 0 Å². The van der Waals surface area contributed by atoms with E-state index >= 15 is 0 Å². The van der Waals surface area contributed by atoms with Crippen LogP contribution in [0.3, 0.4) is 0 Å². The molecular weight excluding hydrogens is 264 g/mol. The van der Waals surface area contributed by atoms with Gasteiger partial charge in [-0.25, -0.2) is 0 Å². The highest BCUT2D eigenvalue weighted by Gasteiger charge is 2.54. The predicted octanol–water partition coefficient (Wildman–Crippen LogP) is 2.23. The normalized spacial score (nSPS) is 38.1. The first kappa shape index (κ1) is 14.9. The Kier molecular flexibility index (Phi) is 3.98. The zero-order valence-electron chi connectivity index (χ0n) is 13.3. The average Bonchev–Trinajstić information content (AvgIpc) is 2.43. The van der Waals surface area contributed by atoms with Crippen molar-refractivity contribution in [2.75, 3.05) is 6.54 Å². The summed E-state index contributed by atoms with van der Waals surface area (Å²) in [5, 5.41) is 5.82. The quantitative estimate of drug-likeness (QED) is 0.816. The number of rotatable bonds is 5. The van der Waals surface area contributed by atoms with Crippen molar-refractivity contribution in [3.63, 3.8) is 0 Å². The zero-order valence-corrected chi connectivity index (χ0v) is 13.3. The lowest BCUT2D eigenvalue weighted by Gasteiger charge is -2.55. The number of nitrogens with one attached hydrogen (secondary N) is 2. The van der Waals surface area contributed by atoms with Crippen LogP contribution >= 0.6 is 0 Å². The van der Waals surface area contributed by atoms with E-state index in [1.807, 2.05) is 13.8 Å². The molecule has 4 rings (SSSR count). The number of hydrogen-bond donors (Lipinski definition) is 2. The monoisotopic (exact) mass is 292 g/mol. The van der Waals surface area contributed by atoms with Crippen molar-refractivity contribution in [3.8, 4) is 0 Å². The summed E-state index contributed by atoms with van der Waals surface area (Å²) in [5.41, 5.74) is -0.147.